The first-order chi connectivity index (χ1) is 6.64. The Labute approximate surface area is 88.4 Å². The Morgan fingerprint density at radius 3 is 2.50 bits per heavy atom. The van der Waals surface area contributed by atoms with Crippen LogP contribution in [-0.2, 0) is 4.74 Å². The highest BCUT2D eigenvalue weighted by molar-refractivity contribution is 4.98. The average molecular weight is 197 g/mol. The van der Waals surface area contributed by atoms with E-state index in [1.54, 1.807) is 7.11 Å². The monoisotopic (exact) mass is 197 g/mol. The molecule has 0 aliphatic heterocycles. The Kier molecular flexibility index (Phi) is 6.61. The van der Waals surface area contributed by atoms with Gasteiger partial charge in [-0.05, 0) is 26.3 Å². The van der Waals surface area contributed by atoms with E-state index in [1.807, 2.05) is 0 Å². The van der Waals surface area contributed by atoms with Gasteiger partial charge in [-0.25, -0.2) is 0 Å². The highest BCUT2D eigenvalue weighted by atomic mass is 16.5. The number of hydrogen-bond donors (Lipinski definition) is 1. The lowest BCUT2D eigenvalue weighted by atomic mass is 9.91. The van der Waals surface area contributed by atoms with Crippen LogP contribution in [0.2, 0.25) is 0 Å². The van der Waals surface area contributed by atoms with Crippen molar-refractivity contribution < 1.29 is 4.74 Å². The number of rotatable bonds is 7. The number of terminal acetylenes is 1. The molecule has 2 heteroatoms. The molecule has 82 valence electrons. The molecule has 0 aromatic rings. The van der Waals surface area contributed by atoms with Gasteiger partial charge < -0.3 is 10.1 Å². The summed E-state index contributed by atoms with van der Waals surface area (Å²) < 4.78 is 5.54. The van der Waals surface area contributed by atoms with E-state index in [2.05, 4.69) is 32.0 Å². The van der Waals surface area contributed by atoms with Crippen LogP contribution in [0.15, 0.2) is 0 Å². The van der Waals surface area contributed by atoms with Gasteiger partial charge >= 0.3 is 0 Å². The van der Waals surface area contributed by atoms with Crippen molar-refractivity contribution in [2.24, 2.45) is 0 Å². The molecule has 1 N–H and O–H groups in total. The van der Waals surface area contributed by atoms with Gasteiger partial charge in [0.05, 0.1) is 5.60 Å². The molecule has 2 atom stereocenters. The smallest absolute Gasteiger partial charge is 0.0809 e. The molecule has 0 aromatic carbocycles. The van der Waals surface area contributed by atoms with E-state index in [4.69, 9.17) is 11.2 Å². The van der Waals surface area contributed by atoms with Gasteiger partial charge in [0.25, 0.3) is 0 Å². The van der Waals surface area contributed by atoms with E-state index in [9.17, 15) is 0 Å². The molecule has 0 aliphatic rings. The molecule has 0 saturated carbocycles. The molecule has 0 aromatic heterocycles. The van der Waals surface area contributed by atoms with Crippen molar-refractivity contribution in [1.82, 2.24) is 5.32 Å². The Hall–Kier alpha value is -0.520. The quantitative estimate of drug-likeness (QED) is 0.632. The minimum absolute atomic E-state index is 0.151. The third-order valence-electron chi connectivity index (χ3n) is 2.87. The lowest BCUT2D eigenvalue weighted by Crippen LogP contribution is -2.49. The minimum atomic E-state index is -0.151. The zero-order valence-electron chi connectivity index (χ0n) is 9.89. The van der Waals surface area contributed by atoms with E-state index in [-0.39, 0.29) is 11.6 Å². The summed E-state index contributed by atoms with van der Waals surface area (Å²) in [6.45, 7) is 7.37. The number of nitrogens with one attached hydrogen (secondary N) is 1. The van der Waals surface area contributed by atoms with Crippen molar-refractivity contribution in [3.05, 3.63) is 0 Å². The molecule has 0 spiro atoms. The third-order valence-corrected chi connectivity index (χ3v) is 2.87. The van der Waals surface area contributed by atoms with Crippen LogP contribution in [0.3, 0.4) is 0 Å². The molecule has 0 bridgehead atoms. The summed E-state index contributed by atoms with van der Waals surface area (Å²) in [6.07, 6.45) is 8.16. The topological polar surface area (TPSA) is 21.3 Å². The molecule has 2 unspecified atom stereocenters. The van der Waals surface area contributed by atoms with Gasteiger partial charge in [0.1, 0.15) is 0 Å². The minimum Gasteiger partial charge on any atom is -0.377 e. The van der Waals surface area contributed by atoms with Crippen LogP contribution in [0.5, 0.6) is 0 Å². The van der Waals surface area contributed by atoms with Crippen LogP contribution in [0.4, 0.5) is 0 Å². The lowest BCUT2D eigenvalue weighted by Gasteiger charge is -2.35. The van der Waals surface area contributed by atoms with Crippen molar-refractivity contribution in [2.45, 2.75) is 51.7 Å². The normalized spacial score (nSPS) is 17.1. The van der Waals surface area contributed by atoms with E-state index >= 15 is 0 Å². The SMILES string of the molecule is C#CCC(NCCC)C(C)(CC)OC. The predicted octanol–water partition coefficient (Wildman–Crippen LogP) is 2.19. The molecule has 2 nitrogen and oxygen atoms in total. The summed E-state index contributed by atoms with van der Waals surface area (Å²) in [5.74, 6) is 2.71. The van der Waals surface area contributed by atoms with Gasteiger partial charge in [-0.3, -0.25) is 0 Å². The van der Waals surface area contributed by atoms with Crippen LogP contribution >= 0.6 is 0 Å². The summed E-state index contributed by atoms with van der Waals surface area (Å²) in [7, 11) is 1.75. The predicted molar refractivity (Wildman–Crippen MR) is 61.2 cm³/mol. The van der Waals surface area contributed by atoms with Crippen LogP contribution < -0.4 is 5.32 Å². The largest absolute Gasteiger partial charge is 0.377 e. The fraction of sp³-hybridized carbons (Fsp3) is 0.833. The van der Waals surface area contributed by atoms with E-state index < -0.39 is 0 Å². The number of hydrogen-bond acceptors (Lipinski definition) is 2. The van der Waals surface area contributed by atoms with Gasteiger partial charge in [0.15, 0.2) is 0 Å². The highest BCUT2D eigenvalue weighted by Gasteiger charge is 2.31. The van der Waals surface area contributed by atoms with Gasteiger partial charge in [-0.2, -0.15) is 0 Å². The van der Waals surface area contributed by atoms with Crippen LogP contribution in [0.25, 0.3) is 0 Å². The fourth-order valence-electron chi connectivity index (χ4n) is 1.47. The number of methoxy groups -OCH3 is 1. The van der Waals surface area contributed by atoms with Crippen LogP contribution in [0, 0.1) is 12.3 Å². The van der Waals surface area contributed by atoms with Gasteiger partial charge in [-0.15, -0.1) is 12.3 Å². The second kappa shape index (κ2) is 6.86. The zero-order chi connectivity index (χ0) is 11.0. The molecule has 14 heavy (non-hydrogen) atoms. The first kappa shape index (κ1) is 13.5. The summed E-state index contributed by atoms with van der Waals surface area (Å²) in [6, 6.07) is 0.252. The Balaban J connectivity index is 4.36. The molecule has 0 heterocycles. The van der Waals surface area contributed by atoms with Crippen molar-refractivity contribution in [2.75, 3.05) is 13.7 Å². The van der Waals surface area contributed by atoms with E-state index in [0.29, 0.717) is 0 Å². The van der Waals surface area contributed by atoms with Crippen molar-refractivity contribution in [1.29, 1.82) is 0 Å². The summed E-state index contributed by atoms with van der Waals surface area (Å²) in [4.78, 5) is 0. The first-order valence-electron chi connectivity index (χ1n) is 5.36. The number of ether oxygens (including phenoxy) is 1. The molecular formula is C12H23NO. The van der Waals surface area contributed by atoms with E-state index in [0.717, 1.165) is 25.8 Å². The molecule has 0 amide bonds. The summed E-state index contributed by atoms with van der Waals surface area (Å²) >= 11 is 0. The average Bonchev–Trinajstić information content (AvgIpc) is 2.23. The first-order valence-corrected chi connectivity index (χ1v) is 5.36. The van der Waals surface area contributed by atoms with Gasteiger partial charge in [0.2, 0.25) is 0 Å². The van der Waals surface area contributed by atoms with Gasteiger partial charge in [0, 0.05) is 19.6 Å². The standard InChI is InChI=1S/C12H23NO/c1-6-9-11(13-10-7-2)12(4,8-3)14-5/h1,11,13H,7-10H2,2-5H3. The zero-order valence-corrected chi connectivity index (χ0v) is 9.89. The fourth-order valence-corrected chi connectivity index (χ4v) is 1.47. The molecule has 0 fully saturated rings. The maximum Gasteiger partial charge on any atom is 0.0809 e. The second-order valence-electron chi connectivity index (χ2n) is 3.79. The molecule has 0 aliphatic carbocycles. The maximum atomic E-state index is 5.54. The second-order valence-corrected chi connectivity index (χ2v) is 3.79. The summed E-state index contributed by atoms with van der Waals surface area (Å²) in [5.41, 5.74) is -0.151. The van der Waals surface area contributed by atoms with Crippen LogP contribution in [0.1, 0.15) is 40.0 Å². The Bertz CT molecular complexity index is 179. The van der Waals surface area contributed by atoms with E-state index in [1.165, 1.54) is 0 Å². The molecule has 0 saturated heterocycles. The molecule has 0 rings (SSSR count). The molecule has 0 radical (unpaired) electrons. The Morgan fingerprint density at radius 2 is 2.14 bits per heavy atom. The van der Waals surface area contributed by atoms with Crippen LogP contribution in [-0.4, -0.2) is 25.3 Å². The van der Waals surface area contributed by atoms with Crippen molar-refractivity contribution in [3.63, 3.8) is 0 Å². The maximum absolute atomic E-state index is 5.54. The van der Waals surface area contributed by atoms with Gasteiger partial charge in [-0.1, -0.05) is 13.8 Å². The Morgan fingerprint density at radius 1 is 1.50 bits per heavy atom. The third kappa shape index (κ3) is 3.69. The van der Waals surface area contributed by atoms with Crippen molar-refractivity contribution in [3.8, 4) is 12.3 Å². The summed E-state index contributed by atoms with van der Waals surface area (Å²) in [5, 5.41) is 3.45. The molecular weight excluding hydrogens is 174 g/mol. The highest BCUT2D eigenvalue weighted by Crippen LogP contribution is 2.21. The lowest BCUT2D eigenvalue weighted by molar-refractivity contribution is -0.0274. The van der Waals surface area contributed by atoms with Crippen molar-refractivity contribution >= 4 is 0 Å².